The van der Waals surface area contributed by atoms with E-state index in [2.05, 4.69) is 10.2 Å². The Labute approximate surface area is 158 Å². The van der Waals surface area contributed by atoms with Gasteiger partial charge in [-0.3, -0.25) is 9.89 Å². The summed E-state index contributed by atoms with van der Waals surface area (Å²) in [5, 5.41) is 9.08. The number of H-pyrrole nitrogens is 1. The van der Waals surface area contributed by atoms with Crippen molar-refractivity contribution in [3.05, 3.63) is 77.3 Å². The number of fused-ring (bicyclic) bond motifs is 1. The number of Topliss-reactive ketones (excluding diaryl/α,β-unsaturated/α-hetero) is 1. The fourth-order valence-corrected chi connectivity index (χ4v) is 2.81. The number of hydrogen-bond donors (Lipinski definition) is 1. The number of carbonyl (C=O) groups excluding carboxylic acids is 2. The van der Waals surface area contributed by atoms with Gasteiger partial charge in [0, 0.05) is 5.56 Å². The molecule has 0 aliphatic rings. The van der Waals surface area contributed by atoms with Crippen LogP contribution in [0.3, 0.4) is 0 Å². The number of aromatic nitrogens is 2. The van der Waals surface area contributed by atoms with Gasteiger partial charge in [-0.2, -0.15) is 5.10 Å². The first-order valence-electron chi connectivity index (χ1n) is 8.10. The number of halogens is 1. The van der Waals surface area contributed by atoms with Gasteiger partial charge in [-0.1, -0.05) is 36.4 Å². The lowest BCUT2D eigenvalue weighted by molar-refractivity contribution is 0.0462. The molecule has 0 aliphatic carbocycles. The van der Waals surface area contributed by atoms with Gasteiger partial charge in [0.05, 0.1) is 5.69 Å². The number of benzene rings is 2. The van der Waals surface area contributed by atoms with E-state index in [1.807, 2.05) is 42.5 Å². The van der Waals surface area contributed by atoms with Crippen molar-refractivity contribution in [2.75, 3.05) is 6.61 Å². The quantitative estimate of drug-likeness (QED) is 0.406. The Balaban J connectivity index is 1.46. The van der Waals surface area contributed by atoms with Crippen molar-refractivity contribution in [1.29, 1.82) is 0 Å². The standard InChI is InChI=1S/C20H13ClN2O4/c21-19-8-7-18(27-19)17(24)11-26-20(25)16-10-15(22-23-16)14-6-5-12-3-1-2-4-13(12)9-14/h1-10H,11H2,(H,22,23). The SMILES string of the molecule is O=C(OCC(=O)c1ccc(Cl)o1)c1cc(-c2ccc3ccccc3c2)n[nH]1. The topological polar surface area (TPSA) is 85.2 Å². The number of ether oxygens (including phenoxy) is 1. The maximum atomic E-state index is 12.1. The third kappa shape index (κ3) is 3.61. The predicted molar refractivity (Wildman–Crippen MR) is 99.9 cm³/mol. The van der Waals surface area contributed by atoms with Crippen LogP contribution in [-0.4, -0.2) is 28.6 Å². The predicted octanol–water partition coefficient (Wildman–Crippen LogP) is 4.52. The van der Waals surface area contributed by atoms with E-state index in [0.29, 0.717) is 5.69 Å². The highest BCUT2D eigenvalue weighted by atomic mass is 35.5. The minimum atomic E-state index is -0.680. The summed E-state index contributed by atoms with van der Waals surface area (Å²) in [6, 6.07) is 18.3. The summed E-state index contributed by atoms with van der Waals surface area (Å²) in [6.07, 6.45) is 0. The summed E-state index contributed by atoms with van der Waals surface area (Å²) in [7, 11) is 0. The monoisotopic (exact) mass is 380 g/mol. The van der Waals surface area contributed by atoms with Crippen molar-refractivity contribution >= 4 is 34.1 Å². The number of nitrogens with zero attached hydrogens (tertiary/aromatic N) is 1. The first-order chi connectivity index (χ1) is 13.1. The second-order valence-electron chi connectivity index (χ2n) is 5.83. The maximum absolute atomic E-state index is 12.1. The summed E-state index contributed by atoms with van der Waals surface area (Å²) in [5.74, 6) is -1.13. The molecule has 0 saturated carbocycles. The normalized spacial score (nSPS) is 10.9. The molecule has 0 unspecified atom stereocenters. The second-order valence-corrected chi connectivity index (χ2v) is 6.20. The molecule has 7 heteroatoms. The molecule has 0 bridgehead atoms. The van der Waals surface area contributed by atoms with Crippen molar-refractivity contribution < 1.29 is 18.7 Å². The van der Waals surface area contributed by atoms with Crippen LogP contribution in [-0.2, 0) is 4.74 Å². The van der Waals surface area contributed by atoms with Crippen LogP contribution >= 0.6 is 11.6 Å². The summed E-state index contributed by atoms with van der Waals surface area (Å²) in [5.41, 5.74) is 1.63. The van der Waals surface area contributed by atoms with E-state index in [0.717, 1.165) is 16.3 Å². The molecule has 134 valence electrons. The Kier molecular flexibility index (Phi) is 4.48. The van der Waals surface area contributed by atoms with Crippen molar-refractivity contribution in [3.63, 3.8) is 0 Å². The lowest BCUT2D eigenvalue weighted by Crippen LogP contribution is -2.14. The molecule has 0 saturated heterocycles. The first-order valence-corrected chi connectivity index (χ1v) is 8.48. The molecule has 0 aliphatic heterocycles. The number of hydrogen-bond acceptors (Lipinski definition) is 5. The summed E-state index contributed by atoms with van der Waals surface area (Å²) in [4.78, 5) is 24.0. The van der Waals surface area contributed by atoms with Gasteiger partial charge in [0.15, 0.2) is 17.6 Å². The van der Waals surface area contributed by atoms with Gasteiger partial charge in [0.2, 0.25) is 5.78 Å². The fourth-order valence-electron chi connectivity index (χ4n) is 2.67. The number of aromatic amines is 1. The molecule has 0 spiro atoms. The van der Waals surface area contributed by atoms with Crippen LogP contribution in [0.5, 0.6) is 0 Å². The third-order valence-electron chi connectivity index (χ3n) is 4.03. The molecule has 0 fully saturated rings. The number of nitrogens with one attached hydrogen (secondary N) is 1. The smallest absolute Gasteiger partial charge is 0.356 e. The van der Waals surface area contributed by atoms with E-state index < -0.39 is 18.4 Å². The molecule has 0 atom stereocenters. The molecule has 0 amide bonds. The van der Waals surface area contributed by atoms with Crippen LogP contribution in [0, 0.1) is 0 Å². The minimum Gasteiger partial charge on any atom is -0.452 e. The molecular formula is C20H13ClN2O4. The van der Waals surface area contributed by atoms with Crippen LogP contribution in [0.2, 0.25) is 5.22 Å². The highest BCUT2D eigenvalue weighted by Gasteiger charge is 2.17. The number of furan rings is 1. The van der Waals surface area contributed by atoms with Gasteiger partial charge in [-0.15, -0.1) is 0 Å². The van der Waals surface area contributed by atoms with E-state index in [-0.39, 0.29) is 16.7 Å². The summed E-state index contributed by atoms with van der Waals surface area (Å²) >= 11 is 5.62. The van der Waals surface area contributed by atoms with E-state index in [9.17, 15) is 9.59 Å². The molecule has 0 radical (unpaired) electrons. The fraction of sp³-hybridized carbons (Fsp3) is 0.0500. The van der Waals surface area contributed by atoms with Crippen LogP contribution in [0.1, 0.15) is 21.0 Å². The van der Waals surface area contributed by atoms with Gasteiger partial charge in [0.25, 0.3) is 0 Å². The zero-order chi connectivity index (χ0) is 18.8. The molecular weight excluding hydrogens is 368 g/mol. The number of ketones is 1. The molecule has 4 aromatic rings. The lowest BCUT2D eigenvalue weighted by atomic mass is 10.1. The Bertz CT molecular complexity index is 1150. The van der Waals surface area contributed by atoms with Gasteiger partial charge in [-0.05, 0) is 46.6 Å². The van der Waals surface area contributed by atoms with Gasteiger partial charge in [0.1, 0.15) is 5.69 Å². The third-order valence-corrected chi connectivity index (χ3v) is 4.23. The Morgan fingerprint density at radius 1 is 1.04 bits per heavy atom. The zero-order valence-electron chi connectivity index (χ0n) is 13.9. The highest BCUT2D eigenvalue weighted by molar-refractivity contribution is 6.29. The maximum Gasteiger partial charge on any atom is 0.356 e. The summed E-state index contributed by atoms with van der Waals surface area (Å²) in [6.45, 7) is -0.451. The molecule has 2 aromatic heterocycles. The number of esters is 1. The lowest BCUT2D eigenvalue weighted by Gasteiger charge is -2.01. The van der Waals surface area contributed by atoms with Crippen molar-refractivity contribution in [3.8, 4) is 11.3 Å². The molecule has 1 N–H and O–H groups in total. The molecule has 4 rings (SSSR count). The Morgan fingerprint density at radius 3 is 2.63 bits per heavy atom. The Morgan fingerprint density at radius 2 is 1.85 bits per heavy atom. The van der Waals surface area contributed by atoms with E-state index in [4.69, 9.17) is 20.8 Å². The second kappa shape index (κ2) is 7.09. The van der Waals surface area contributed by atoms with E-state index in [1.54, 1.807) is 6.07 Å². The highest BCUT2D eigenvalue weighted by Crippen LogP contribution is 2.23. The largest absolute Gasteiger partial charge is 0.452 e. The molecule has 6 nitrogen and oxygen atoms in total. The minimum absolute atomic E-state index is 0.0364. The molecule has 2 heterocycles. The van der Waals surface area contributed by atoms with Crippen LogP contribution in [0.25, 0.3) is 22.0 Å². The number of carbonyl (C=O) groups is 2. The van der Waals surface area contributed by atoms with Crippen molar-refractivity contribution in [1.82, 2.24) is 10.2 Å². The average molecular weight is 381 g/mol. The van der Waals surface area contributed by atoms with E-state index >= 15 is 0 Å². The van der Waals surface area contributed by atoms with Crippen LogP contribution < -0.4 is 0 Å². The first kappa shape index (κ1) is 17.1. The van der Waals surface area contributed by atoms with E-state index in [1.165, 1.54) is 12.1 Å². The average Bonchev–Trinajstić information content (AvgIpc) is 3.35. The number of rotatable bonds is 5. The van der Waals surface area contributed by atoms with Crippen LogP contribution in [0.15, 0.2) is 65.1 Å². The Hall–Kier alpha value is -3.38. The van der Waals surface area contributed by atoms with Crippen LogP contribution in [0.4, 0.5) is 0 Å². The van der Waals surface area contributed by atoms with Gasteiger partial charge in [-0.25, -0.2) is 4.79 Å². The molecule has 27 heavy (non-hydrogen) atoms. The molecule has 2 aromatic carbocycles. The zero-order valence-corrected chi connectivity index (χ0v) is 14.7. The summed E-state index contributed by atoms with van der Waals surface area (Å²) < 4.78 is 9.99. The van der Waals surface area contributed by atoms with Gasteiger partial charge < -0.3 is 9.15 Å². The van der Waals surface area contributed by atoms with Crippen molar-refractivity contribution in [2.45, 2.75) is 0 Å². The van der Waals surface area contributed by atoms with Gasteiger partial charge >= 0.3 is 5.97 Å². The van der Waals surface area contributed by atoms with Crippen molar-refractivity contribution in [2.24, 2.45) is 0 Å².